The van der Waals surface area contributed by atoms with E-state index in [-0.39, 0.29) is 18.7 Å². The highest BCUT2D eigenvalue weighted by Gasteiger charge is 2.46. The number of amides is 5. The fourth-order valence-corrected chi connectivity index (χ4v) is 7.32. The Bertz CT molecular complexity index is 2140. The number of carbonyl (C=O) groups is 4. The van der Waals surface area contributed by atoms with Crippen LogP contribution in [0.4, 0.5) is 9.59 Å². The predicted octanol–water partition coefficient (Wildman–Crippen LogP) is 4.28. The molecule has 2 aliphatic rings. The van der Waals surface area contributed by atoms with E-state index in [1.54, 1.807) is 76.4 Å². The standard InChI is InChI=1S/C38H42N6O9S/c1-38(2,3)33(40-37(48)53-24-13-9-6-10-14-24)35(46)44-22-26(20-31(44)34(45)41-42-36(47)43-54(49,50)27-16-17-27)52-32-21-29(23-11-7-5-8-12-23)39-30-19-25(51-4)15-18-28(30)32/h5-15,18-19,21,26-27,31,33H,16-17,20,22H2,1-4H3,(H,40,48)(H,41,45)(H2,42,43,47)/t26-,31+,33-/m1/s1. The number of carbonyl (C=O) groups excluding carboxylic acids is 4. The second-order valence-electron chi connectivity index (χ2n) is 14.2. The van der Waals surface area contributed by atoms with E-state index in [4.69, 9.17) is 19.2 Å². The number of nitrogens with zero attached hydrogens (tertiary/aromatic N) is 2. The van der Waals surface area contributed by atoms with E-state index < -0.39 is 62.8 Å². The third kappa shape index (κ3) is 9.00. The number of hydrazine groups is 1. The minimum absolute atomic E-state index is 0.0206. The molecule has 1 saturated carbocycles. The van der Waals surface area contributed by atoms with Crippen LogP contribution in [0.25, 0.3) is 22.2 Å². The first-order valence-electron chi connectivity index (χ1n) is 17.4. The molecule has 2 fully saturated rings. The number of likely N-dealkylation sites (tertiary alicyclic amines) is 1. The highest BCUT2D eigenvalue weighted by atomic mass is 32.2. The Morgan fingerprint density at radius 2 is 1.57 bits per heavy atom. The average molecular weight is 759 g/mol. The van der Waals surface area contributed by atoms with Crippen molar-refractivity contribution in [2.24, 2.45) is 5.41 Å². The number of urea groups is 1. The molecule has 284 valence electrons. The number of nitrogens with one attached hydrogen (secondary N) is 4. The highest BCUT2D eigenvalue weighted by Crippen LogP contribution is 2.35. The monoisotopic (exact) mass is 758 g/mol. The summed E-state index contributed by atoms with van der Waals surface area (Å²) in [5.41, 5.74) is 5.53. The molecule has 1 aromatic heterocycles. The molecule has 15 nitrogen and oxygen atoms in total. The number of aromatic nitrogens is 1. The van der Waals surface area contributed by atoms with Gasteiger partial charge < -0.3 is 24.4 Å². The topological polar surface area (TPSA) is 194 Å². The summed E-state index contributed by atoms with van der Waals surface area (Å²) < 4.78 is 43.9. The van der Waals surface area contributed by atoms with Crippen molar-refractivity contribution in [3.63, 3.8) is 0 Å². The van der Waals surface area contributed by atoms with Crippen molar-refractivity contribution in [1.82, 2.24) is 30.8 Å². The van der Waals surface area contributed by atoms with Crippen molar-refractivity contribution < 1.29 is 41.8 Å². The third-order valence-corrected chi connectivity index (χ3v) is 10.8. The molecule has 1 saturated heterocycles. The van der Waals surface area contributed by atoms with E-state index in [2.05, 4.69) is 16.2 Å². The summed E-state index contributed by atoms with van der Waals surface area (Å²) >= 11 is 0. The van der Waals surface area contributed by atoms with Gasteiger partial charge in [0.05, 0.1) is 30.1 Å². The van der Waals surface area contributed by atoms with Crippen LogP contribution in [0.5, 0.6) is 17.2 Å². The number of para-hydroxylation sites is 1. The van der Waals surface area contributed by atoms with Crippen molar-refractivity contribution >= 4 is 44.9 Å². The number of sulfonamides is 1. The summed E-state index contributed by atoms with van der Waals surface area (Å²) in [6.07, 6.45) is -0.769. The Balaban J connectivity index is 1.28. The molecule has 5 amide bonds. The number of fused-ring (bicyclic) bond motifs is 1. The van der Waals surface area contributed by atoms with Gasteiger partial charge in [-0.3, -0.25) is 15.0 Å². The van der Waals surface area contributed by atoms with Crippen LogP contribution in [0, 0.1) is 5.41 Å². The number of rotatable bonds is 10. The zero-order chi connectivity index (χ0) is 38.6. The van der Waals surface area contributed by atoms with Gasteiger partial charge >= 0.3 is 12.1 Å². The number of hydrogen-bond acceptors (Lipinski definition) is 10. The van der Waals surface area contributed by atoms with Gasteiger partial charge in [0.25, 0.3) is 5.91 Å². The molecular formula is C38H42N6O9S. The summed E-state index contributed by atoms with van der Waals surface area (Å²) in [6, 6.07) is 21.5. The summed E-state index contributed by atoms with van der Waals surface area (Å²) in [5, 5.41) is 2.67. The average Bonchev–Trinajstić information content (AvgIpc) is 3.93. The lowest BCUT2D eigenvalue weighted by Crippen LogP contribution is -2.59. The van der Waals surface area contributed by atoms with Crippen LogP contribution in [-0.2, 0) is 19.6 Å². The molecule has 1 aliphatic heterocycles. The van der Waals surface area contributed by atoms with Gasteiger partial charge in [0.2, 0.25) is 15.9 Å². The van der Waals surface area contributed by atoms with Gasteiger partial charge in [-0.1, -0.05) is 69.3 Å². The minimum atomic E-state index is -3.89. The van der Waals surface area contributed by atoms with E-state index in [1.165, 1.54) is 4.90 Å². The summed E-state index contributed by atoms with van der Waals surface area (Å²) in [4.78, 5) is 59.8. The molecular weight excluding hydrogens is 717 g/mol. The van der Waals surface area contributed by atoms with E-state index >= 15 is 0 Å². The Morgan fingerprint density at radius 1 is 0.889 bits per heavy atom. The smallest absolute Gasteiger partial charge is 0.413 e. The van der Waals surface area contributed by atoms with Crippen LogP contribution in [0.1, 0.15) is 40.0 Å². The molecule has 1 aliphatic carbocycles. The minimum Gasteiger partial charge on any atom is -0.497 e. The SMILES string of the molecule is COc1ccc2c(O[C@@H]3C[C@@H](C(=O)NNC(=O)NS(=O)(=O)C4CC4)N(C(=O)[C@@H](NC(=O)Oc4ccccc4)C(C)(C)C)C3)cc(-c3ccccc3)nc2c1. The van der Waals surface area contributed by atoms with Gasteiger partial charge in [-0.15, -0.1) is 0 Å². The van der Waals surface area contributed by atoms with Crippen molar-refractivity contribution in [2.75, 3.05) is 13.7 Å². The van der Waals surface area contributed by atoms with Gasteiger partial charge in [-0.25, -0.2) is 33.1 Å². The summed E-state index contributed by atoms with van der Waals surface area (Å²) in [5.74, 6) is -0.101. The fourth-order valence-electron chi connectivity index (χ4n) is 6.09. The molecule has 6 rings (SSSR count). The maximum atomic E-state index is 14.4. The Kier molecular flexibility index (Phi) is 10.9. The van der Waals surface area contributed by atoms with Crippen LogP contribution in [0.15, 0.2) is 84.9 Å². The number of hydrogen-bond donors (Lipinski definition) is 4. The Hall–Kier alpha value is -5.90. The van der Waals surface area contributed by atoms with Crippen molar-refractivity contribution in [3.8, 4) is 28.5 Å². The number of ether oxygens (including phenoxy) is 3. The molecule has 0 spiro atoms. The van der Waals surface area contributed by atoms with Gasteiger partial charge in [-0.05, 0) is 42.5 Å². The predicted molar refractivity (Wildman–Crippen MR) is 199 cm³/mol. The van der Waals surface area contributed by atoms with Crippen molar-refractivity contribution in [1.29, 1.82) is 0 Å². The summed E-state index contributed by atoms with van der Waals surface area (Å²) in [6.45, 7) is 5.19. The zero-order valence-corrected chi connectivity index (χ0v) is 31.0. The molecule has 16 heteroatoms. The lowest BCUT2D eigenvalue weighted by Gasteiger charge is -2.35. The highest BCUT2D eigenvalue weighted by molar-refractivity contribution is 7.90. The first-order chi connectivity index (χ1) is 25.7. The maximum Gasteiger partial charge on any atom is 0.413 e. The van der Waals surface area contributed by atoms with Crippen LogP contribution < -0.4 is 35.1 Å². The lowest BCUT2D eigenvalue weighted by atomic mass is 9.85. The number of benzene rings is 3. The van der Waals surface area contributed by atoms with Gasteiger partial charge in [0, 0.05) is 29.5 Å². The molecule has 3 atom stereocenters. The van der Waals surface area contributed by atoms with E-state index in [0.717, 1.165) is 5.56 Å². The molecule has 4 aromatic rings. The third-order valence-electron chi connectivity index (χ3n) is 9.02. The lowest BCUT2D eigenvalue weighted by molar-refractivity contribution is -0.142. The van der Waals surface area contributed by atoms with Crippen LogP contribution in [0.2, 0.25) is 0 Å². The second-order valence-corrected chi connectivity index (χ2v) is 16.1. The van der Waals surface area contributed by atoms with Crippen LogP contribution >= 0.6 is 0 Å². The van der Waals surface area contributed by atoms with Gasteiger partial charge in [0.15, 0.2) is 0 Å². The van der Waals surface area contributed by atoms with E-state index in [0.29, 0.717) is 40.9 Å². The number of methoxy groups -OCH3 is 1. The molecule has 0 radical (unpaired) electrons. The Labute approximate surface area is 312 Å². The van der Waals surface area contributed by atoms with Gasteiger partial charge in [-0.2, -0.15) is 0 Å². The molecule has 2 heterocycles. The van der Waals surface area contributed by atoms with Crippen LogP contribution in [-0.4, -0.2) is 79.3 Å². The molecule has 54 heavy (non-hydrogen) atoms. The normalized spacial score (nSPS) is 17.6. The van der Waals surface area contributed by atoms with Gasteiger partial charge in [0.1, 0.15) is 35.4 Å². The molecule has 4 N–H and O–H groups in total. The maximum absolute atomic E-state index is 14.4. The number of pyridine rings is 1. The van der Waals surface area contributed by atoms with Crippen molar-refractivity contribution in [3.05, 3.63) is 84.9 Å². The molecule has 3 aromatic carbocycles. The first-order valence-corrected chi connectivity index (χ1v) is 18.9. The van der Waals surface area contributed by atoms with Crippen molar-refractivity contribution in [2.45, 2.75) is 63.5 Å². The van der Waals surface area contributed by atoms with E-state index in [9.17, 15) is 27.6 Å². The fraction of sp³-hybridized carbons (Fsp3) is 0.342. The first kappa shape index (κ1) is 37.8. The zero-order valence-electron chi connectivity index (χ0n) is 30.2. The second kappa shape index (κ2) is 15.6. The van der Waals surface area contributed by atoms with Crippen LogP contribution in [0.3, 0.4) is 0 Å². The molecule has 0 bridgehead atoms. The summed E-state index contributed by atoms with van der Waals surface area (Å²) in [7, 11) is -2.34. The quantitative estimate of drug-likeness (QED) is 0.170. The van der Waals surface area contributed by atoms with E-state index in [1.807, 2.05) is 41.1 Å². The Morgan fingerprint density at radius 3 is 2.22 bits per heavy atom. The largest absolute Gasteiger partial charge is 0.497 e. The molecule has 0 unspecified atom stereocenters.